The number of carbonyl (C=O) groups excluding carboxylic acids is 1. The summed E-state index contributed by atoms with van der Waals surface area (Å²) in [5.74, 6) is 0.0292. The van der Waals surface area contributed by atoms with Crippen LogP contribution in [0.15, 0.2) is 30.5 Å². The Balaban J connectivity index is 1.65. The number of ether oxygens (including phenoxy) is 2. The molecule has 29 heavy (non-hydrogen) atoms. The number of aryl methyl sites for hydroxylation is 1. The minimum absolute atomic E-state index is 0.0292. The van der Waals surface area contributed by atoms with E-state index in [1.54, 1.807) is 0 Å². The molecule has 1 atom stereocenters. The summed E-state index contributed by atoms with van der Waals surface area (Å²) < 4.78 is 13.6. The van der Waals surface area contributed by atoms with Gasteiger partial charge in [-0.05, 0) is 31.9 Å². The van der Waals surface area contributed by atoms with Gasteiger partial charge in [-0.3, -0.25) is 4.79 Å². The van der Waals surface area contributed by atoms with Crippen molar-refractivity contribution in [2.75, 3.05) is 32.9 Å². The standard InChI is InChI=1S/C23H31N3O3/c1-17-6-8-18(9-7-17)26-14-19(20(24-26)22(2,3)4)21(27)25-11-13-29-23(15-25)10-5-12-28-16-23/h6-9,14H,5,10-13,15-16H2,1-4H3/t23-/m1/s1. The maximum absolute atomic E-state index is 13.6. The van der Waals surface area contributed by atoms with Gasteiger partial charge in [0.15, 0.2) is 0 Å². The average molecular weight is 398 g/mol. The predicted molar refractivity (Wildman–Crippen MR) is 112 cm³/mol. The lowest BCUT2D eigenvalue weighted by molar-refractivity contribution is -0.160. The lowest BCUT2D eigenvalue weighted by Crippen LogP contribution is -2.57. The van der Waals surface area contributed by atoms with E-state index in [4.69, 9.17) is 14.6 Å². The Morgan fingerprint density at radius 3 is 2.59 bits per heavy atom. The molecule has 1 aromatic carbocycles. The van der Waals surface area contributed by atoms with E-state index in [1.807, 2.05) is 27.9 Å². The van der Waals surface area contributed by atoms with Gasteiger partial charge < -0.3 is 14.4 Å². The summed E-state index contributed by atoms with van der Waals surface area (Å²) in [5.41, 5.74) is 3.05. The largest absolute Gasteiger partial charge is 0.378 e. The van der Waals surface area contributed by atoms with Crippen molar-refractivity contribution in [3.8, 4) is 5.69 Å². The van der Waals surface area contributed by atoms with Crippen LogP contribution in [-0.4, -0.2) is 59.1 Å². The van der Waals surface area contributed by atoms with Crippen molar-refractivity contribution < 1.29 is 14.3 Å². The number of aromatic nitrogens is 2. The lowest BCUT2D eigenvalue weighted by Gasteiger charge is -2.44. The van der Waals surface area contributed by atoms with Gasteiger partial charge in [-0.2, -0.15) is 5.10 Å². The molecule has 2 aliphatic rings. The molecule has 2 aliphatic heterocycles. The maximum atomic E-state index is 13.6. The van der Waals surface area contributed by atoms with Crippen LogP contribution in [0.3, 0.4) is 0 Å². The molecule has 2 fully saturated rings. The first-order chi connectivity index (χ1) is 13.8. The lowest BCUT2D eigenvalue weighted by atomic mass is 9.89. The SMILES string of the molecule is Cc1ccc(-n2cc(C(=O)N3CCO[C@]4(CCCOC4)C3)c(C(C)(C)C)n2)cc1. The number of amides is 1. The van der Waals surface area contributed by atoms with E-state index in [0.29, 0.717) is 31.9 Å². The molecule has 6 heteroatoms. The quantitative estimate of drug-likeness (QED) is 0.778. The van der Waals surface area contributed by atoms with E-state index in [1.165, 1.54) is 5.56 Å². The molecular formula is C23H31N3O3. The summed E-state index contributed by atoms with van der Waals surface area (Å²) in [6.07, 6.45) is 3.79. The van der Waals surface area contributed by atoms with Gasteiger partial charge in [0.05, 0.1) is 36.7 Å². The van der Waals surface area contributed by atoms with E-state index < -0.39 is 0 Å². The molecule has 2 saturated heterocycles. The number of hydrogen-bond donors (Lipinski definition) is 0. The molecule has 1 aromatic heterocycles. The third-order valence-electron chi connectivity index (χ3n) is 5.78. The molecular weight excluding hydrogens is 366 g/mol. The molecule has 6 nitrogen and oxygen atoms in total. The van der Waals surface area contributed by atoms with Crippen molar-refractivity contribution in [3.05, 3.63) is 47.3 Å². The maximum Gasteiger partial charge on any atom is 0.257 e. The highest BCUT2D eigenvalue weighted by molar-refractivity contribution is 5.95. The van der Waals surface area contributed by atoms with Gasteiger partial charge in [-0.15, -0.1) is 0 Å². The first-order valence-electron chi connectivity index (χ1n) is 10.5. The number of hydrogen-bond acceptors (Lipinski definition) is 4. The normalized spacial score (nSPS) is 22.8. The van der Waals surface area contributed by atoms with Crippen molar-refractivity contribution >= 4 is 5.91 Å². The summed E-state index contributed by atoms with van der Waals surface area (Å²) in [7, 11) is 0. The van der Waals surface area contributed by atoms with Gasteiger partial charge in [-0.1, -0.05) is 38.5 Å². The van der Waals surface area contributed by atoms with Gasteiger partial charge in [0.1, 0.15) is 5.60 Å². The fraction of sp³-hybridized carbons (Fsp3) is 0.565. The number of carbonyl (C=O) groups is 1. The number of benzene rings is 1. The molecule has 4 rings (SSSR count). The molecule has 0 saturated carbocycles. The van der Waals surface area contributed by atoms with E-state index in [0.717, 1.165) is 30.8 Å². The third-order valence-corrected chi connectivity index (χ3v) is 5.78. The Labute approximate surface area is 172 Å². The second-order valence-corrected chi connectivity index (χ2v) is 9.34. The third kappa shape index (κ3) is 4.09. The van der Waals surface area contributed by atoms with Crippen LogP contribution in [0.4, 0.5) is 0 Å². The highest BCUT2D eigenvalue weighted by atomic mass is 16.5. The van der Waals surface area contributed by atoms with Gasteiger partial charge in [0, 0.05) is 24.8 Å². The minimum atomic E-state index is -0.360. The first-order valence-corrected chi connectivity index (χ1v) is 10.5. The Morgan fingerprint density at radius 1 is 1.17 bits per heavy atom. The molecule has 0 N–H and O–H groups in total. The highest BCUT2D eigenvalue weighted by Crippen LogP contribution is 2.31. The zero-order chi connectivity index (χ0) is 20.6. The second kappa shape index (κ2) is 7.58. The molecule has 1 amide bonds. The monoisotopic (exact) mass is 397 g/mol. The number of rotatable bonds is 2. The smallest absolute Gasteiger partial charge is 0.257 e. The molecule has 0 bridgehead atoms. The Morgan fingerprint density at radius 2 is 1.93 bits per heavy atom. The van der Waals surface area contributed by atoms with Crippen molar-refractivity contribution in [3.63, 3.8) is 0 Å². The van der Waals surface area contributed by atoms with Crippen LogP contribution in [0.25, 0.3) is 5.69 Å². The Kier molecular flexibility index (Phi) is 5.25. The summed E-state index contributed by atoms with van der Waals surface area (Å²) in [6, 6.07) is 8.19. The van der Waals surface area contributed by atoms with Crippen LogP contribution in [0.5, 0.6) is 0 Å². The van der Waals surface area contributed by atoms with E-state index in [-0.39, 0.29) is 16.9 Å². The van der Waals surface area contributed by atoms with Crippen molar-refractivity contribution in [2.45, 2.75) is 51.6 Å². The van der Waals surface area contributed by atoms with Crippen LogP contribution in [-0.2, 0) is 14.9 Å². The second-order valence-electron chi connectivity index (χ2n) is 9.34. The molecule has 3 heterocycles. The summed E-state index contributed by atoms with van der Waals surface area (Å²) in [6.45, 7) is 11.4. The molecule has 156 valence electrons. The van der Waals surface area contributed by atoms with Gasteiger partial charge in [0.2, 0.25) is 0 Å². The van der Waals surface area contributed by atoms with Crippen molar-refractivity contribution in [2.24, 2.45) is 0 Å². The van der Waals surface area contributed by atoms with Crippen LogP contribution in [0.2, 0.25) is 0 Å². The Hall–Kier alpha value is -2.18. The summed E-state index contributed by atoms with van der Waals surface area (Å²) in [4.78, 5) is 15.5. The van der Waals surface area contributed by atoms with Gasteiger partial charge in [0.25, 0.3) is 5.91 Å². The minimum Gasteiger partial charge on any atom is -0.378 e. The summed E-state index contributed by atoms with van der Waals surface area (Å²) in [5, 5.41) is 4.81. The first kappa shape index (κ1) is 20.1. The van der Waals surface area contributed by atoms with Crippen LogP contribution in [0, 0.1) is 6.92 Å². The van der Waals surface area contributed by atoms with Crippen LogP contribution >= 0.6 is 0 Å². The fourth-order valence-electron chi connectivity index (χ4n) is 4.17. The van der Waals surface area contributed by atoms with E-state index >= 15 is 0 Å². The average Bonchev–Trinajstić information content (AvgIpc) is 3.14. The van der Waals surface area contributed by atoms with Gasteiger partial charge in [-0.25, -0.2) is 4.68 Å². The summed E-state index contributed by atoms with van der Waals surface area (Å²) >= 11 is 0. The van der Waals surface area contributed by atoms with E-state index in [9.17, 15) is 4.79 Å². The molecule has 2 aromatic rings. The molecule has 0 aliphatic carbocycles. The number of nitrogens with zero attached hydrogens (tertiary/aromatic N) is 3. The van der Waals surface area contributed by atoms with Crippen LogP contribution < -0.4 is 0 Å². The fourth-order valence-corrected chi connectivity index (χ4v) is 4.17. The molecule has 0 radical (unpaired) electrons. The zero-order valence-corrected chi connectivity index (χ0v) is 17.9. The predicted octanol–water partition coefficient (Wildman–Crippen LogP) is 3.50. The number of morpholine rings is 1. The molecule has 1 spiro atoms. The van der Waals surface area contributed by atoms with Crippen LogP contribution in [0.1, 0.15) is 55.2 Å². The molecule has 0 unspecified atom stereocenters. The van der Waals surface area contributed by atoms with Crippen molar-refractivity contribution in [1.29, 1.82) is 0 Å². The van der Waals surface area contributed by atoms with E-state index in [2.05, 4.69) is 39.8 Å². The van der Waals surface area contributed by atoms with Gasteiger partial charge >= 0.3 is 0 Å². The highest BCUT2D eigenvalue weighted by Gasteiger charge is 2.41. The van der Waals surface area contributed by atoms with Crippen molar-refractivity contribution in [1.82, 2.24) is 14.7 Å². The Bertz CT molecular complexity index is 868. The topological polar surface area (TPSA) is 56.6 Å². The zero-order valence-electron chi connectivity index (χ0n) is 17.9.